The molecule has 0 aromatic carbocycles. The molecule has 0 spiro atoms. The molecule has 104 valence electrons. The third-order valence-corrected chi connectivity index (χ3v) is 3.10. The second-order valence-corrected chi connectivity index (χ2v) is 4.73. The van der Waals surface area contributed by atoms with E-state index in [0.717, 1.165) is 11.4 Å². The fourth-order valence-electron chi connectivity index (χ4n) is 1.77. The Balaban J connectivity index is 2.44. The number of ether oxygens (including phenoxy) is 2. The summed E-state index contributed by atoms with van der Waals surface area (Å²) in [6.07, 6.45) is -0.562. The molecule has 5 nitrogen and oxygen atoms in total. The molecule has 1 aromatic heterocycles. The average molecular weight is 256 g/mol. The highest BCUT2D eigenvalue weighted by Gasteiger charge is 2.13. The van der Waals surface area contributed by atoms with Crippen LogP contribution in [-0.4, -0.2) is 47.4 Å². The monoisotopic (exact) mass is 256 g/mol. The zero-order chi connectivity index (χ0) is 13.7. The first-order chi connectivity index (χ1) is 8.45. The number of rotatable bonds is 7. The zero-order valence-corrected chi connectivity index (χ0v) is 11.9. The molecule has 1 N–H and O–H groups in total. The molecule has 0 radical (unpaired) electrons. The van der Waals surface area contributed by atoms with Crippen LogP contribution >= 0.6 is 0 Å². The topological polar surface area (TPSA) is 56.5 Å². The molecule has 0 fully saturated rings. The summed E-state index contributed by atoms with van der Waals surface area (Å²) < 4.78 is 12.3. The summed E-state index contributed by atoms with van der Waals surface area (Å²) >= 11 is 0. The molecule has 2 unspecified atom stereocenters. The van der Waals surface area contributed by atoms with Gasteiger partial charge in [0.1, 0.15) is 0 Å². The number of hydrogen-bond donors (Lipinski definition) is 1. The van der Waals surface area contributed by atoms with Crippen molar-refractivity contribution in [1.29, 1.82) is 0 Å². The van der Waals surface area contributed by atoms with Gasteiger partial charge < -0.3 is 14.6 Å². The van der Waals surface area contributed by atoms with Gasteiger partial charge in [0.05, 0.1) is 37.7 Å². The van der Waals surface area contributed by atoms with E-state index in [0.29, 0.717) is 19.8 Å². The van der Waals surface area contributed by atoms with Gasteiger partial charge in [-0.3, -0.25) is 4.68 Å². The van der Waals surface area contributed by atoms with Crippen LogP contribution in [0.25, 0.3) is 0 Å². The minimum atomic E-state index is -0.554. The Bertz CT molecular complexity index is 377. The fraction of sp³-hybridized carbons (Fsp3) is 0.769. The first-order valence-corrected chi connectivity index (χ1v) is 6.25. The lowest BCUT2D eigenvalue weighted by Gasteiger charge is -2.16. The Morgan fingerprint density at radius 1 is 1.28 bits per heavy atom. The van der Waals surface area contributed by atoms with Crippen LogP contribution in [0.3, 0.4) is 0 Å². The summed E-state index contributed by atoms with van der Waals surface area (Å²) in [6, 6.07) is 0. The van der Waals surface area contributed by atoms with Crippen molar-refractivity contribution in [1.82, 2.24) is 9.78 Å². The summed E-state index contributed by atoms with van der Waals surface area (Å²) in [4.78, 5) is 0. The first-order valence-electron chi connectivity index (χ1n) is 6.25. The predicted octanol–water partition coefficient (Wildman–Crippen LogP) is 1.22. The van der Waals surface area contributed by atoms with Crippen LogP contribution in [0.15, 0.2) is 0 Å². The Kier molecular flexibility index (Phi) is 5.78. The number of aryl methyl sites for hydroxylation is 1. The van der Waals surface area contributed by atoms with E-state index >= 15 is 0 Å². The predicted molar refractivity (Wildman–Crippen MR) is 69.7 cm³/mol. The van der Waals surface area contributed by atoms with E-state index in [-0.39, 0.29) is 6.10 Å². The summed E-state index contributed by atoms with van der Waals surface area (Å²) in [5, 5.41) is 14.3. The van der Waals surface area contributed by atoms with Gasteiger partial charge in [-0.1, -0.05) is 0 Å². The minimum absolute atomic E-state index is 0.00756. The van der Waals surface area contributed by atoms with E-state index in [1.165, 1.54) is 5.56 Å². The SMILES string of the molecule is COCC(C)OCC(O)Cn1nc(C)c(C)c1C. The Labute approximate surface area is 109 Å². The van der Waals surface area contributed by atoms with Crippen molar-refractivity contribution < 1.29 is 14.6 Å². The maximum atomic E-state index is 9.92. The lowest BCUT2D eigenvalue weighted by atomic mass is 10.2. The van der Waals surface area contributed by atoms with Crippen LogP contribution in [0, 0.1) is 20.8 Å². The summed E-state index contributed by atoms with van der Waals surface area (Å²) in [5.74, 6) is 0. The largest absolute Gasteiger partial charge is 0.389 e. The first kappa shape index (κ1) is 15.1. The van der Waals surface area contributed by atoms with Crippen molar-refractivity contribution in [2.75, 3.05) is 20.3 Å². The second-order valence-electron chi connectivity index (χ2n) is 4.73. The van der Waals surface area contributed by atoms with Crippen LogP contribution in [0.4, 0.5) is 0 Å². The molecule has 5 heteroatoms. The lowest BCUT2D eigenvalue weighted by Crippen LogP contribution is -2.27. The number of hydrogen-bond acceptors (Lipinski definition) is 4. The number of aliphatic hydroxyl groups excluding tert-OH is 1. The van der Waals surface area contributed by atoms with Gasteiger partial charge in [0.15, 0.2) is 0 Å². The molecule has 1 aromatic rings. The summed E-state index contributed by atoms with van der Waals surface area (Å²) in [6.45, 7) is 9.23. The van der Waals surface area contributed by atoms with Crippen LogP contribution in [0.5, 0.6) is 0 Å². The summed E-state index contributed by atoms with van der Waals surface area (Å²) in [5.41, 5.74) is 3.28. The zero-order valence-electron chi connectivity index (χ0n) is 11.9. The number of aliphatic hydroxyl groups is 1. The van der Waals surface area contributed by atoms with Gasteiger partial charge in [0.2, 0.25) is 0 Å². The molecule has 0 aliphatic carbocycles. The molecule has 0 bridgehead atoms. The van der Waals surface area contributed by atoms with Gasteiger partial charge >= 0.3 is 0 Å². The van der Waals surface area contributed by atoms with Crippen LogP contribution in [0.2, 0.25) is 0 Å². The van der Waals surface area contributed by atoms with E-state index in [1.807, 2.05) is 32.4 Å². The second kappa shape index (κ2) is 6.87. The smallest absolute Gasteiger partial charge is 0.0969 e. The quantitative estimate of drug-likeness (QED) is 0.797. The van der Waals surface area contributed by atoms with Crippen molar-refractivity contribution >= 4 is 0 Å². The molecule has 0 aliphatic rings. The molecular formula is C13H24N2O3. The molecule has 1 rings (SSSR count). The Hall–Kier alpha value is -0.910. The van der Waals surface area contributed by atoms with Gasteiger partial charge in [-0.05, 0) is 33.3 Å². The third kappa shape index (κ3) is 4.08. The minimum Gasteiger partial charge on any atom is -0.389 e. The van der Waals surface area contributed by atoms with Crippen LogP contribution in [0.1, 0.15) is 23.9 Å². The van der Waals surface area contributed by atoms with E-state index in [2.05, 4.69) is 5.10 Å². The number of aromatic nitrogens is 2. The van der Waals surface area contributed by atoms with Crippen molar-refractivity contribution in [3.8, 4) is 0 Å². The Morgan fingerprint density at radius 3 is 2.44 bits per heavy atom. The van der Waals surface area contributed by atoms with Gasteiger partial charge in [0.25, 0.3) is 0 Å². The van der Waals surface area contributed by atoms with Gasteiger partial charge in [-0.2, -0.15) is 5.10 Å². The molecule has 1 heterocycles. The Morgan fingerprint density at radius 2 is 1.94 bits per heavy atom. The molecule has 0 aliphatic heterocycles. The standard InChI is InChI=1S/C13H24N2O3/c1-9(7-17-5)18-8-13(16)6-15-12(4)10(2)11(3)14-15/h9,13,16H,6-8H2,1-5H3. The number of nitrogens with zero attached hydrogens (tertiary/aromatic N) is 2. The molecule has 2 atom stereocenters. The van der Waals surface area contributed by atoms with Crippen LogP contribution < -0.4 is 0 Å². The normalized spacial score (nSPS) is 14.8. The molecule has 0 saturated carbocycles. The molecule has 0 saturated heterocycles. The van der Waals surface area contributed by atoms with Crippen molar-refractivity contribution in [3.63, 3.8) is 0 Å². The van der Waals surface area contributed by atoms with E-state index in [4.69, 9.17) is 9.47 Å². The highest BCUT2D eigenvalue weighted by Crippen LogP contribution is 2.11. The fourth-order valence-corrected chi connectivity index (χ4v) is 1.77. The highest BCUT2D eigenvalue weighted by molar-refractivity contribution is 5.22. The maximum Gasteiger partial charge on any atom is 0.0969 e. The maximum absolute atomic E-state index is 9.92. The highest BCUT2D eigenvalue weighted by atomic mass is 16.5. The van der Waals surface area contributed by atoms with Gasteiger partial charge in [-0.15, -0.1) is 0 Å². The van der Waals surface area contributed by atoms with E-state index < -0.39 is 6.10 Å². The summed E-state index contributed by atoms with van der Waals surface area (Å²) in [7, 11) is 1.63. The van der Waals surface area contributed by atoms with E-state index in [1.54, 1.807) is 7.11 Å². The van der Waals surface area contributed by atoms with E-state index in [9.17, 15) is 5.11 Å². The average Bonchev–Trinajstić information content (AvgIpc) is 2.55. The van der Waals surface area contributed by atoms with Crippen LogP contribution in [-0.2, 0) is 16.0 Å². The molecule has 18 heavy (non-hydrogen) atoms. The molecular weight excluding hydrogens is 232 g/mol. The lowest BCUT2D eigenvalue weighted by molar-refractivity contribution is -0.0365. The van der Waals surface area contributed by atoms with Crippen molar-refractivity contribution in [3.05, 3.63) is 17.0 Å². The van der Waals surface area contributed by atoms with Gasteiger partial charge in [-0.25, -0.2) is 0 Å². The number of methoxy groups -OCH3 is 1. The van der Waals surface area contributed by atoms with Crippen molar-refractivity contribution in [2.24, 2.45) is 0 Å². The molecule has 0 amide bonds. The van der Waals surface area contributed by atoms with Gasteiger partial charge in [0, 0.05) is 12.8 Å². The third-order valence-electron chi connectivity index (χ3n) is 3.10. The van der Waals surface area contributed by atoms with Crippen molar-refractivity contribution in [2.45, 2.75) is 46.4 Å².